The topological polar surface area (TPSA) is 84.5 Å². The van der Waals surface area contributed by atoms with E-state index >= 15 is 0 Å². The number of amides is 1. The first-order valence-electron chi connectivity index (χ1n) is 7.58. The third-order valence-electron chi connectivity index (χ3n) is 3.06. The molecule has 0 radical (unpaired) electrons. The minimum absolute atomic E-state index is 0.0201. The molecule has 6 nitrogen and oxygen atoms in total. The van der Waals surface area contributed by atoms with Gasteiger partial charge in [0.1, 0.15) is 12.4 Å². The van der Waals surface area contributed by atoms with Gasteiger partial charge in [0, 0.05) is 23.2 Å². The van der Waals surface area contributed by atoms with E-state index in [0.717, 1.165) is 4.47 Å². The predicted octanol–water partition coefficient (Wildman–Crippen LogP) is 2.77. The summed E-state index contributed by atoms with van der Waals surface area (Å²) in [6.45, 7) is 1.51. The molecule has 2 N–H and O–H groups in total. The number of carbonyl (C=O) groups is 1. The van der Waals surface area contributed by atoms with E-state index in [4.69, 9.17) is 4.74 Å². The number of anilines is 1. The maximum Gasteiger partial charge on any atom is 0.241 e. The summed E-state index contributed by atoms with van der Waals surface area (Å²) in [4.78, 5) is 11.2. The largest absolute Gasteiger partial charge is 0.481 e. The Balaban J connectivity index is 1.82. The smallest absolute Gasteiger partial charge is 0.241 e. The molecule has 136 valence electrons. The molecule has 0 aromatic heterocycles. The number of nitrogens with one attached hydrogen (secondary N) is 2. The molecular formula is C18H17BrN2O4S. The molecule has 2 rings (SSSR count). The second-order valence-electron chi connectivity index (χ2n) is 5.13. The molecular weight excluding hydrogens is 420 g/mol. The van der Waals surface area contributed by atoms with E-state index in [-0.39, 0.29) is 24.0 Å². The van der Waals surface area contributed by atoms with Crippen LogP contribution in [-0.2, 0) is 14.8 Å². The maximum atomic E-state index is 12.1. The van der Waals surface area contributed by atoms with Gasteiger partial charge >= 0.3 is 0 Å². The van der Waals surface area contributed by atoms with Crippen LogP contribution in [0, 0.1) is 11.8 Å². The van der Waals surface area contributed by atoms with Gasteiger partial charge in [-0.1, -0.05) is 33.8 Å². The molecule has 0 unspecified atom stereocenters. The van der Waals surface area contributed by atoms with Crippen molar-refractivity contribution in [2.45, 2.75) is 11.8 Å². The lowest BCUT2D eigenvalue weighted by Crippen LogP contribution is -2.24. The summed E-state index contributed by atoms with van der Waals surface area (Å²) in [6, 6.07) is 13.2. The van der Waals surface area contributed by atoms with Crippen LogP contribution in [0.4, 0.5) is 5.69 Å². The van der Waals surface area contributed by atoms with Gasteiger partial charge in [-0.15, -0.1) is 0 Å². The number of benzene rings is 2. The van der Waals surface area contributed by atoms with E-state index in [1.807, 2.05) is 0 Å². The van der Waals surface area contributed by atoms with Crippen molar-refractivity contribution in [1.82, 2.24) is 4.72 Å². The summed E-state index contributed by atoms with van der Waals surface area (Å²) in [5.74, 6) is 5.82. The van der Waals surface area contributed by atoms with Crippen molar-refractivity contribution in [1.29, 1.82) is 0 Å². The summed E-state index contributed by atoms with van der Waals surface area (Å²) in [5, 5.41) is 2.66. The molecule has 0 saturated carbocycles. The zero-order valence-corrected chi connectivity index (χ0v) is 16.4. The average molecular weight is 437 g/mol. The van der Waals surface area contributed by atoms with Crippen molar-refractivity contribution >= 4 is 37.5 Å². The first-order valence-corrected chi connectivity index (χ1v) is 9.86. The lowest BCUT2D eigenvalue weighted by molar-refractivity contribution is -0.114. The Hall–Kier alpha value is -2.34. The summed E-state index contributed by atoms with van der Waals surface area (Å²) in [7, 11) is -3.59. The summed E-state index contributed by atoms with van der Waals surface area (Å²) in [6.07, 6.45) is 0. The average Bonchev–Trinajstić information content (AvgIpc) is 2.58. The molecule has 0 aliphatic heterocycles. The molecule has 2 aromatic carbocycles. The maximum absolute atomic E-state index is 12.1. The number of rotatable bonds is 6. The highest BCUT2D eigenvalue weighted by Gasteiger charge is 2.11. The Morgan fingerprint density at radius 3 is 2.58 bits per heavy atom. The van der Waals surface area contributed by atoms with Gasteiger partial charge in [0.15, 0.2) is 0 Å². The van der Waals surface area contributed by atoms with Gasteiger partial charge in [-0.3, -0.25) is 4.79 Å². The zero-order valence-electron chi connectivity index (χ0n) is 14.0. The summed E-state index contributed by atoms with van der Waals surface area (Å²) >= 11 is 3.26. The molecule has 0 spiro atoms. The lowest BCUT2D eigenvalue weighted by atomic mass is 10.3. The molecule has 2 aromatic rings. The second kappa shape index (κ2) is 9.38. The number of sulfonamides is 1. The molecule has 0 atom stereocenters. The monoisotopic (exact) mass is 436 g/mol. The molecule has 0 saturated heterocycles. The van der Waals surface area contributed by atoms with Crippen molar-refractivity contribution in [3.05, 3.63) is 53.0 Å². The number of carbonyl (C=O) groups excluding carboxylic acids is 1. The number of ether oxygens (including phenoxy) is 1. The van der Waals surface area contributed by atoms with Gasteiger partial charge in [-0.2, -0.15) is 4.72 Å². The van der Waals surface area contributed by atoms with Crippen LogP contribution < -0.4 is 14.8 Å². The fourth-order valence-electron chi connectivity index (χ4n) is 1.93. The number of halogens is 1. The first-order chi connectivity index (χ1) is 12.4. The van der Waals surface area contributed by atoms with Crippen molar-refractivity contribution in [2.75, 3.05) is 18.5 Å². The van der Waals surface area contributed by atoms with E-state index in [0.29, 0.717) is 11.4 Å². The van der Waals surface area contributed by atoms with E-state index in [9.17, 15) is 13.2 Å². The Morgan fingerprint density at radius 1 is 1.15 bits per heavy atom. The van der Waals surface area contributed by atoms with Crippen LogP contribution in [0.2, 0.25) is 0 Å². The standard InChI is InChI=1S/C18H17BrN2O4S/c1-14(22)21-16-5-4-6-17(13-16)25-12-3-2-11-20-26(23,24)18-9-7-15(19)8-10-18/h4-10,13,20H,11-12H2,1H3,(H,21,22). The Labute approximate surface area is 161 Å². The van der Waals surface area contributed by atoms with Crippen molar-refractivity contribution < 1.29 is 17.9 Å². The highest BCUT2D eigenvalue weighted by atomic mass is 79.9. The highest BCUT2D eigenvalue weighted by molar-refractivity contribution is 9.10. The summed E-state index contributed by atoms with van der Waals surface area (Å²) in [5.41, 5.74) is 0.630. The normalized spacial score (nSPS) is 10.5. The molecule has 0 aliphatic carbocycles. The Kier molecular flexibility index (Phi) is 7.21. The predicted molar refractivity (Wildman–Crippen MR) is 103 cm³/mol. The van der Waals surface area contributed by atoms with E-state index < -0.39 is 10.0 Å². The van der Waals surface area contributed by atoms with Crippen LogP contribution in [0.3, 0.4) is 0 Å². The lowest BCUT2D eigenvalue weighted by Gasteiger charge is -2.05. The Bertz CT molecular complexity index is 932. The zero-order chi connectivity index (χ0) is 19.0. The van der Waals surface area contributed by atoms with Crippen molar-refractivity contribution in [2.24, 2.45) is 0 Å². The third-order valence-corrected chi connectivity index (χ3v) is 5.01. The molecule has 8 heteroatoms. The molecule has 26 heavy (non-hydrogen) atoms. The van der Waals surface area contributed by atoms with E-state index in [2.05, 4.69) is 37.8 Å². The van der Waals surface area contributed by atoms with Crippen LogP contribution in [0.25, 0.3) is 0 Å². The van der Waals surface area contributed by atoms with Gasteiger partial charge in [0.05, 0.1) is 11.4 Å². The van der Waals surface area contributed by atoms with Crippen LogP contribution in [0.1, 0.15) is 6.92 Å². The van der Waals surface area contributed by atoms with Gasteiger partial charge in [0.25, 0.3) is 0 Å². The van der Waals surface area contributed by atoms with Crippen LogP contribution in [0.5, 0.6) is 5.75 Å². The molecule has 0 heterocycles. The fourth-order valence-corrected chi connectivity index (χ4v) is 3.12. The fraction of sp³-hybridized carbons (Fsp3) is 0.167. The molecule has 0 fully saturated rings. The van der Waals surface area contributed by atoms with E-state index in [1.165, 1.54) is 19.1 Å². The van der Waals surface area contributed by atoms with Gasteiger partial charge in [-0.05, 0) is 36.4 Å². The van der Waals surface area contributed by atoms with Gasteiger partial charge in [-0.25, -0.2) is 8.42 Å². The first kappa shape index (κ1) is 20.0. The Morgan fingerprint density at radius 2 is 1.88 bits per heavy atom. The number of hydrogen-bond acceptors (Lipinski definition) is 4. The van der Waals surface area contributed by atoms with E-state index in [1.54, 1.807) is 36.4 Å². The highest BCUT2D eigenvalue weighted by Crippen LogP contribution is 2.17. The van der Waals surface area contributed by atoms with Crippen LogP contribution in [0.15, 0.2) is 57.9 Å². The molecule has 0 bridgehead atoms. The third kappa shape index (κ3) is 6.52. The molecule has 0 aliphatic rings. The quantitative estimate of drug-likeness (QED) is 0.681. The van der Waals surface area contributed by atoms with Crippen molar-refractivity contribution in [3.8, 4) is 17.6 Å². The van der Waals surface area contributed by atoms with Gasteiger partial charge < -0.3 is 10.1 Å². The number of hydrogen-bond donors (Lipinski definition) is 2. The van der Waals surface area contributed by atoms with Gasteiger partial charge in [0.2, 0.25) is 15.9 Å². The minimum Gasteiger partial charge on any atom is -0.481 e. The molecule has 1 amide bonds. The van der Waals surface area contributed by atoms with Crippen LogP contribution in [-0.4, -0.2) is 27.5 Å². The van der Waals surface area contributed by atoms with Crippen LogP contribution >= 0.6 is 15.9 Å². The second-order valence-corrected chi connectivity index (χ2v) is 7.81. The summed E-state index contributed by atoms with van der Waals surface area (Å²) < 4.78 is 32.8. The minimum atomic E-state index is -3.59. The SMILES string of the molecule is CC(=O)Nc1cccc(OCC#CCNS(=O)(=O)c2ccc(Br)cc2)c1. The van der Waals surface area contributed by atoms with Crippen molar-refractivity contribution in [3.63, 3.8) is 0 Å².